The highest BCUT2D eigenvalue weighted by molar-refractivity contribution is 5.89. The Kier molecular flexibility index (Phi) is 5.09. The van der Waals surface area contributed by atoms with Gasteiger partial charge in [0, 0.05) is 6.42 Å². The van der Waals surface area contributed by atoms with Crippen molar-refractivity contribution in [2.75, 3.05) is 13.1 Å². The molecule has 0 aromatic heterocycles. The molecule has 0 spiro atoms. The number of carbonyl (C=O) groups is 1. The monoisotopic (exact) mass is 247 g/mol. The van der Waals surface area contributed by atoms with E-state index < -0.39 is 0 Å². The van der Waals surface area contributed by atoms with Gasteiger partial charge >= 0.3 is 0 Å². The number of nitrogens with zero attached hydrogens (tertiary/aromatic N) is 1. The lowest BCUT2D eigenvalue weighted by molar-refractivity contribution is -0.128. The Morgan fingerprint density at radius 1 is 1.17 bits per heavy atom. The Morgan fingerprint density at radius 3 is 2.22 bits per heavy atom. The molecule has 1 rings (SSSR count). The first kappa shape index (κ1) is 14.9. The molecule has 0 aliphatic carbocycles. The van der Waals surface area contributed by atoms with Crippen LogP contribution in [0.15, 0.2) is 24.3 Å². The fourth-order valence-electron chi connectivity index (χ4n) is 2.39. The number of rotatable bonds is 6. The van der Waals surface area contributed by atoms with Gasteiger partial charge in [-0.15, -0.1) is 0 Å². The van der Waals surface area contributed by atoms with Crippen LogP contribution >= 0.6 is 0 Å². The van der Waals surface area contributed by atoms with Crippen molar-refractivity contribution in [1.82, 2.24) is 4.90 Å². The minimum Gasteiger partial charge on any atom is -0.297 e. The minimum absolute atomic E-state index is 0.292. The maximum Gasteiger partial charge on any atom is 0.156 e. The summed E-state index contributed by atoms with van der Waals surface area (Å²) in [4.78, 5) is 14.7. The van der Waals surface area contributed by atoms with Crippen LogP contribution in [0.3, 0.4) is 0 Å². The van der Waals surface area contributed by atoms with Crippen molar-refractivity contribution in [3.8, 4) is 0 Å². The average molecular weight is 247 g/mol. The summed E-state index contributed by atoms with van der Waals surface area (Å²) in [6.45, 7) is 12.1. The number of hydrogen-bond donors (Lipinski definition) is 0. The summed E-state index contributed by atoms with van der Waals surface area (Å²) in [7, 11) is 0. The molecule has 0 unspecified atom stereocenters. The van der Waals surface area contributed by atoms with Crippen LogP contribution in [0.4, 0.5) is 0 Å². The Morgan fingerprint density at radius 2 is 1.72 bits per heavy atom. The van der Waals surface area contributed by atoms with Crippen LogP contribution in [0, 0.1) is 6.92 Å². The van der Waals surface area contributed by atoms with Gasteiger partial charge in [-0.05, 0) is 45.0 Å². The molecule has 0 aliphatic rings. The van der Waals surface area contributed by atoms with E-state index in [1.54, 1.807) is 0 Å². The van der Waals surface area contributed by atoms with Gasteiger partial charge in [0.15, 0.2) is 5.78 Å². The first-order valence-electron chi connectivity index (χ1n) is 6.76. The van der Waals surface area contributed by atoms with E-state index in [4.69, 9.17) is 0 Å². The minimum atomic E-state index is -0.383. The molecule has 0 amide bonds. The fourth-order valence-corrected chi connectivity index (χ4v) is 2.39. The highest BCUT2D eigenvalue weighted by atomic mass is 16.1. The summed E-state index contributed by atoms with van der Waals surface area (Å²) < 4.78 is 0. The van der Waals surface area contributed by atoms with Crippen molar-refractivity contribution in [1.29, 1.82) is 0 Å². The van der Waals surface area contributed by atoms with Gasteiger partial charge in [-0.3, -0.25) is 9.69 Å². The van der Waals surface area contributed by atoms with Gasteiger partial charge < -0.3 is 0 Å². The molecule has 0 radical (unpaired) electrons. The number of benzene rings is 1. The number of Topliss-reactive ketones (excluding diaryl/α,β-unsaturated/α-hetero) is 1. The third kappa shape index (κ3) is 3.20. The first-order valence-corrected chi connectivity index (χ1v) is 6.76. The summed E-state index contributed by atoms with van der Waals surface area (Å²) in [5.41, 5.74) is 1.95. The zero-order valence-electron chi connectivity index (χ0n) is 12.3. The smallest absolute Gasteiger partial charge is 0.156 e. The molecule has 0 aliphatic heterocycles. The number of ketones is 1. The second kappa shape index (κ2) is 6.14. The largest absolute Gasteiger partial charge is 0.297 e. The van der Waals surface area contributed by atoms with E-state index in [1.807, 2.05) is 32.0 Å². The number of aryl methyl sites for hydroxylation is 1. The Balaban J connectivity index is 2.85. The summed E-state index contributed by atoms with van der Waals surface area (Å²) >= 11 is 0. The van der Waals surface area contributed by atoms with Gasteiger partial charge in [0.05, 0.1) is 5.54 Å². The van der Waals surface area contributed by atoms with Gasteiger partial charge in [-0.1, -0.05) is 38.1 Å². The predicted octanol–water partition coefficient (Wildman–Crippen LogP) is 3.23. The van der Waals surface area contributed by atoms with E-state index in [9.17, 15) is 4.79 Å². The number of carbonyl (C=O) groups excluding carboxylic acids is 1. The maximum absolute atomic E-state index is 12.5. The highest BCUT2D eigenvalue weighted by Crippen LogP contribution is 2.19. The SMILES string of the molecule is CCN(CC)C(C)(C)C(=O)Cc1ccccc1C. The van der Waals surface area contributed by atoms with Crippen molar-refractivity contribution >= 4 is 5.78 Å². The molecule has 100 valence electrons. The molecule has 0 saturated carbocycles. The van der Waals surface area contributed by atoms with Gasteiger partial charge in [-0.25, -0.2) is 0 Å². The Labute approximate surface area is 111 Å². The molecule has 18 heavy (non-hydrogen) atoms. The molecule has 2 heteroatoms. The number of hydrogen-bond acceptors (Lipinski definition) is 2. The van der Waals surface area contributed by atoms with Crippen LogP contribution in [0.25, 0.3) is 0 Å². The van der Waals surface area contributed by atoms with Crippen LogP contribution in [-0.4, -0.2) is 29.3 Å². The molecule has 0 N–H and O–H groups in total. The molecule has 0 fully saturated rings. The van der Waals surface area contributed by atoms with E-state index in [0.29, 0.717) is 12.2 Å². The molecule has 0 bridgehead atoms. The molecular weight excluding hydrogens is 222 g/mol. The molecule has 1 aromatic carbocycles. The average Bonchev–Trinajstić information content (AvgIpc) is 2.33. The third-order valence-corrected chi connectivity index (χ3v) is 3.85. The summed E-state index contributed by atoms with van der Waals surface area (Å²) in [6.07, 6.45) is 0.524. The van der Waals surface area contributed by atoms with E-state index in [0.717, 1.165) is 18.7 Å². The second-order valence-electron chi connectivity index (χ2n) is 5.26. The summed E-state index contributed by atoms with van der Waals surface area (Å²) in [5, 5.41) is 0. The Bertz CT molecular complexity index is 405. The van der Waals surface area contributed by atoms with Gasteiger partial charge in [0.25, 0.3) is 0 Å². The van der Waals surface area contributed by atoms with Gasteiger partial charge in [0.2, 0.25) is 0 Å². The lowest BCUT2D eigenvalue weighted by atomic mass is 9.90. The molecular formula is C16H25NO. The van der Waals surface area contributed by atoms with Crippen LogP contribution < -0.4 is 0 Å². The van der Waals surface area contributed by atoms with Crippen LogP contribution in [0.5, 0.6) is 0 Å². The third-order valence-electron chi connectivity index (χ3n) is 3.85. The van der Waals surface area contributed by atoms with Crippen molar-refractivity contribution in [2.24, 2.45) is 0 Å². The van der Waals surface area contributed by atoms with Gasteiger partial charge in [0.1, 0.15) is 0 Å². The highest BCUT2D eigenvalue weighted by Gasteiger charge is 2.32. The molecule has 2 nitrogen and oxygen atoms in total. The molecule has 0 atom stereocenters. The maximum atomic E-state index is 12.5. The van der Waals surface area contributed by atoms with Crippen molar-refractivity contribution < 1.29 is 4.79 Å². The van der Waals surface area contributed by atoms with E-state index in [2.05, 4.69) is 31.7 Å². The standard InChI is InChI=1S/C16H25NO/c1-6-17(7-2)16(4,5)15(18)12-14-11-9-8-10-13(14)3/h8-11H,6-7,12H2,1-5H3. The quantitative estimate of drug-likeness (QED) is 0.769. The summed E-state index contributed by atoms with van der Waals surface area (Å²) in [6, 6.07) is 8.12. The zero-order chi connectivity index (χ0) is 13.8. The lowest BCUT2D eigenvalue weighted by Crippen LogP contribution is -2.50. The van der Waals surface area contributed by atoms with E-state index in [-0.39, 0.29) is 5.54 Å². The van der Waals surface area contributed by atoms with Crippen LogP contribution in [0.2, 0.25) is 0 Å². The van der Waals surface area contributed by atoms with Crippen LogP contribution in [-0.2, 0) is 11.2 Å². The topological polar surface area (TPSA) is 20.3 Å². The van der Waals surface area contributed by atoms with Crippen LogP contribution in [0.1, 0.15) is 38.8 Å². The summed E-state index contributed by atoms with van der Waals surface area (Å²) in [5.74, 6) is 0.292. The number of likely N-dealkylation sites (N-methyl/N-ethyl adjacent to an activating group) is 1. The van der Waals surface area contributed by atoms with Crippen molar-refractivity contribution in [3.63, 3.8) is 0 Å². The molecule has 1 aromatic rings. The van der Waals surface area contributed by atoms with E-state index >= 15 is 0 Å². The van der Waals surface area contributed by atoms with Crippen molar-refractivity contribution in [2.45, 2.75) is 46.6 Å². The molecule has 0 heterocycles. The molecule has 0 saturated heterocycles. The predicted molar refractivity (Wildman–Crippen MR) is 76.9 cm³/mol. The normalized spacial score (nSPS) is 11.9. The lowest BCUT2D eigenvalue weighted by Gasteiger charge is -2.36. The Hall–Kier alpha value is -1.15. The second-order valence-corrected chi connectivity index (χ2v) is 5.26. The van der Waals surface area contributed by atoms with Crippen molar-refractivity contribution in [3.05, 3.63) is 35.4 Å². The zero-order valence-corrected chi connectivity index (χ0v) is 12.3. The fraction of sp³-hybridized carbons (Fsp3) is 0.562. The van der Waals surface area contributed by atoms with Gasteiger partial charge in [-0.2, -0.15) is 0 Å². The van der Waals surface area contributed by atoms with E-state index in [1.165, 1.54) is 5.56 Å². The first-order chi connectivity index (χ1) is 8.43.